The highest BCUT2D eigenvalue weighted by molar-refractivity contribution is 5.95. The maximum atomic E-state index is 13.1. The highest BCUT2D eigenvalue weighted by atomic mass is 35.5. The van der Waals surface area contributed by atoms with E-state index >= 15 is 0 Å². The standard InChI is InChI=1S/C14H18F2N4O2.2ClH/c15-14(16)7-11(18-9-14)13(21)19-10-1-2-12(17-8-10)20-3-5-22-6-4-20;;/h1-2,8,11,18H,3-7,9H2,(H,19,21);2*1H. The van der Waals surface area contributed by atoms with Crippen LogP contribution in [0.3, 0.4) is 0 Å². The van der Waals surface area contributed by atoms with Crippen LogP contribution in [0.5, 0.6) is 0 Å². The Hall–Kier alpha value is -1.22. The maximum absolute atomic E-state index is 13.1. The van der Waals surface area contributed by atoms with Gasteiger partial charge in [0.25, 0.3) is 5.92 Å². The van der Waals surface area contributed by atoms with Crippen molar-refractivity contribution in [3.63, 3.8) is 0 Å². The summed E-state index contributed by atoms with van der Waals surface area (Å²) in [7, 11) is 0. The molecule has 3 rings (SSSR count). The van der Waals surface area contributed by atoms with Crippen LogP contribution in [0.4, 0.5) is 20.3 Å². The Labute approximate surface area is 151 Å². The van der Waals surface area contributed by atoms with E-state index in [1.807, 2.05) is 0 Å². The third kappa shape index (κ3) is 5.14. The van der Waals surface area contributed by atoms with Gasteiger partial charge in [-0.2, -0.15) is 0 Å². The Morgan fingerprint density at radius 3 is 2.58 bits per heavy atom. The van der Waals surface area contributed by atoms with Gasteiger partial charge in [0, 0.05) is 19.5 Å². The summed E-state index contributed by atoms with van der Waals surface area (Å²) in [5.41, 5.74) is 0.499. The number of nitrogens with zero attached hydrogens (tertiary/aromatic N) is 2. The van der Waals surface area contributed by atoms with Crippen molar-refractivity contribution < 1.29 is 18.3 Å². The average Bonchev–Trinajstić information content (AvgIpc) is 2.89. The van der Waals surface area contributed by atoms with Crippen molar-refractivity contribution in [2.75, 3.05) is 43.1 Å². The van der Waals surface area contributed by atoms with Gasteiger partial charge in [-0.1, -0.05) is 0 Å². The Morgan fingerprint density at radius 1 is 1.33 bits per heavy atom. The van der Waals surface area contributed by atoms with E-state index < -0.39 is 30.8 Å². The number of morpholine rings is 1. The molecule has 1 aromatic rings. The predicted octanol–water partition coefficient (Wildman–Crippen LogP) is 1.70. The number of ether oxygens (including phenoxy) is 1. The van der Waals surface area contributed by atoms with Crippen LogP contribution in [0.25, 0.3) is 0 Å². The van der Waals surface area contributed by atoms with Crippen molar-refractivity contribution in [2.24, 2.45) is 0 Å². The van der Waals surface area contributed by atoms with E-state index in [-0.39, 0.29) is 24.8 Å². The van der Waals surface area contributed by atoms with E-state index in [1.165, 1.54) is 6.20 Å². The third-order valence-corrected chi connectivity index (χ3v) is 3.78. The van der Waals surface area contributed by atoms with Crippen molar-refractivity contribution >= 4 is 42.2 Å². The molecule has 6 nitrogen and oxygen atoms in total. The van der Waals surface area contributed by atoms with Crippen LogP contribution in [-0.2, 0) is 9.53 Å². The minimum Gasteiger partial charge on any atom is -0.378 e. The molecule has 0 aliphatic carbocycles. The fraction of sp³-hybridized carbons (Fsp3) is 0.571. The van der Waals surface area contributed by atoms with Gasteiger partial charge in [-0.05, 0) is 12.1 Å². The molecule has 1 amide bonds. The normalized spacial score (nSPS) is 22.2. The molecule has 2 N–H and O–H groups in total. The summed E-state index contributed by atoms with van der Waals surface area (Å²) in [5, 5.41) is 5.14. The number of anilines is 2. The Kier molecular flexibility index (Phi) is 7.59. The summed E-state index contributed by atoms with van der Waals surface area (Å²) < 4.78 is 31.4. The maximum Gasteiger partial charge on any atom is 0.262 e. The monoisotopic (exact) mass is 384 g/mol. The molecular weight excluding hydrogens is 365 g/mol. The quantitative estimate of drug-likeness (QED) is 0.829. The number of nitrogens with one attached hydrogen (secondary N) is 2. The molecule has 0 radical (unpaired) electrons. The minimum absolute atomic E-state index is 0. The molecule has 2 aliphatic heterocycles. The predicted molar refractivity (Wildman–Crippen MR) is 91.7 cm³/mol. The van der Waals surface area contributed by atoms with Crippen LogP contribution in [0.15, 0.2) is 18.3 Å². The number of alkyl halides is 2. The first-order chi connectivity index (χ1) is 10.5. The van der Waals surface area contributed by atoms with Crippen LogP contribution >= 0.6 is 24.8 Å². The topological polar surface area (TPSA) is 66.5 Å². The summed E-state index contributed by atoms with van der Waals surface area (Å²) in [4.78, 5) is 18.3. The Morgan fingerprint density at radius 2 is 2.04 bits per heavy atom. The second kappa shape index (κ2) is 8.75. The lowest BCUT2D eigenvalue weighted by Gasteiger charge is -2.27. The van der Waals surface area contributed by atoms with Crippen LogP contribution in [0, 0.1) is 0 Å². The average molecular weight is 385 g/mol. The molecule has 2 fully saturated rings. The number of carbonyl (C=O) groups excluding carboxylic acids is 1. The number of hydrogen-bond donors (Lipinski definition) is 2. The van der Waals surface area contributed by atoms with Crippen molar-refractivity contribution in [1.82, 2.24) is 10.3 Å². The van der Waals surface area contributed by atoms with E-state index in [2.05, 4.69) is 20.5 Å². The third-order valence-electron chi connectivity index (χ3n) is 3.78. The minimum atomic E-state index is -2.82. The fourth-order valence-electron chi connectivity index (χ4n) is 2.57. The molecule has 10 heteroatoms. The first-order valence-electron chi connectivity index (χ1n) is 7.24. The zero-order valence-electron chi connectivity index (χ0n) is 12.8. The van der Waals surface area contributed by atoms with Gasteiger partial charge in [0.05, 0.1) is 37.7 Å². The highest BCUT2D eigenvalue weighted by Crippen LogP contribution is 2.25. The Bertz CT molecular complexity index is 542. The molecule has 1 unspecified atom stereocenters. The van der Waals surface area contributed by atoms with E-state index in [9.17, 15) is 13.6 Å². The second-order valence-electron chi connectivity index (χ2n) is 5.49. The Balaban J connectivity index is 0.00000144. The first-order valence-corrected chi connectivity index (χ1v) is 7.24. The number of pyridine rings is 1. The van der Waals surface area contributed by atoms with Crippen molar-refractivity contribution in [2.45, 2.75) is 18.4 Å². The molecule has 0 spiro atoms. The molecule has 0 aromatic carbocycles. The van der Waals surface area contributed by atoms with Crippen molar-refractivity contribution in [3.05, 3.63) is 18.3 Å². The zero-order valence-corrected chi connectivity index (χ0v) is 14.5. The summed E-state index contributed by atoms with van der Waals surface area (Å²) in [6, 6.07) is 2.66. The largest absolute Gasteiger partial charge is 0.378 e. The van der Waals surface area contributed by atoms with Gasteiger partial charge in [0.15, 0.2) is 0 Å². The summed E-state index contributed by atoms with van der Waals surface area (Å²) >= 11 is 0. The van der Waals surface area contributed by atoms with E-state index in [0.29, 0.717) is 18.9 Å². The molecular formula is C14H20Cl2F2N4O2. The number of carbonyl (C=O) groups is 1. The molecule has 0 saturated carbocycles. The lowest BCUT2D eigenvalue weighted by Crippen LogP contribution is -2.37. The van der Waals surface area contributed by atoms with Gasteiger partial charge < -0.3 is 15.0 Å². The van der Waals surface area contributed by atoms with Crippen LogP contribution in [0.1, 0.15) is 6.42 Å². The molecule has 24 heavy (non-hydrogen) atoms. The summed E-state index contributed by atoms with van der Waals surface area (Å²) in [5.74, 6) is -2.47. The number of aromatic nitrogens is 1. The van der Waals surface area contributed by atoms with Crippen LogP contribution in [-0.4, -0.2) is 55.7 Å². The zero-order chi connectivity index (χ0) is 15.6. The lowest BCUT2D eigenvalue weighted by atomic mass is 10.2. The lowest BCUT2D eigenvalue weighted by molar-refractivity contribution is -0.118. The van der Waals surface area contributed by atoms with Gasteiger partial charge in [-0.15, -0.1) is 24.8 Å². The number of halogens is 4. The highest BCUT2D eigenvalue weighted by Gasteiger charge is 2.42. The molecule has 0 bridgehead atoms. The smallest absolute Gasteiger partial charge is 0.262 e. The first kappa shape index (κ1) is 20.8. The van der Waals surface area contributed by atoms with Crippen molar-refractivity contribution in [3.8, 4) is 0 Å². The molecule has 3 heterocycles. The number of hydrogen-bond acceptors (Lipinski definition) is 5. The van der Waals surface area contributed by atoms with Gasteiger partial charge >= 0.3 is 0 Å². The van der Waals surface area contributed by atoms with Crippen LogP contribution in [0.2, 0.25) is 0 Å². The van der Waals surface area contributed by atoms with Gasteiger partial charge in [0.2, 0.25) is 5.91 Å². The summed E-state index contributed by atoms with van der Waals surface area (Å²) in [6.45, 7) is 2.43. The van der Waals surface area contributed by atoms with E-state index in [0.717, 1.165) is 18.9 Å². The van der Waals surface area contributed by atoms with Crippen LogP contribution < -0.4 is 15.5 Å². The van der Waals surface area contributed by atoms with E-state index in [1.54, 1.807) is 12.1 Å². The molecule has 1 atom stereocenters. The summed E-state index contributed by atoms with van der Waals surface area (Å²) in [6.07, 6.45) is 1.06. The van der Waals surface area contributed by atoms with Gasteiger partial charge in [0.1, 0.15) is 5.82 Å². The molecule has 1 aromatic heterocycles. The molecule has 136 valence electrons. The molecule has 2 saturated heterocycles. The number of rotatable bonds is 3. The number of amides is 1. The van der Waals surface area contributed by atoms with Crippen molar-refractivity contribution in [1.29, 1.82) is 0 Å². The van der Waals surface area contributed by atoms with Gasteiger partial charge in [-0.25, -0.2) is 13.8 Å². The fourth-order valence-corrected chi connectivity index (χ4v) is 2.57. The molecule has 2 aliphatic rings. The second-order valence-corrected chi connectivity index (χ2v) is 5.49. The SMILES string of the molecule is Cl.Cl.O=C(Nc1ccc(N2CCOCC2)nc1)C1CC(F)(F)CN1. The van der Waals surface area contributed by atoms with E-state index in [4.69, 9.17) is 4.74 Å². The van der Waals surface area contributed by atoms with Gasteiger partial charge in [-0.3, -0.25) is 10.1 Å².